The van der Waals surface area contributed by atoms with Gasteiger partial charge in [-0.25, -0.2) is 14.6 Å². The van der Waals surface area contributed by atoms with E-state index in [-0.39, 0.29) is 23.8 Å². The Hall–Kier alpha value is -4.27. The number of carbonyl (C=O) groups excluding carboxylic acids is 2. The Morgan fingerprint density at radius 1 is 1.05 bits per heavy atom. The van der Waals surface area contributed by atoms with Crippen LogP contribution in [0.2, 0.25) is 0 Å². The van der Waals surface area contributed by atoms with Gasteiger partial charge in [0.15, 0.2) is 5.65 Å². The summed E-state index contributed by atoms with van der Waals surface area (Å²) in [5, 5.41) is 8.66. The van der Waals surface area contributed by atoms with Gasteiger partial charge in [-0.05, 0) is 56.7 Å². The minimum Gasteiger partial charge on any atom is -0.466 e. The van der Waals surface area contributed by atoms with Gasteiger partial charge in [-0.15, -0.1) is 0 Å². The number of carbonyl (C=O) groups is 2. The van der Waals surface area contributed by atoms with Crippen molar-refractivity contribution in [1.29, 1.82) is 0 Å². The molecule has 1 aliphatic rings. The van der Waals surface area contributed by atoms with Crippen LogP contribution in [0.4, 0.5) is 5.82 Å². The number of anilines is 1. The van der Waals surface area contributed by atoms with Crippen molar-refractivity contribution >= 4 is 28.7 Å². The van der Waals surface area contributed by atoms with Crippen molar-refractivity contribution in [2.24, 2.45) is 5.92 Å². The molecule has 2 heterocycles. The molecule has 0 aliphatic heterocycles. The SMILES string of the molecule is CCOC(=O)C1CCC(n2nc(-c3ccc(CNC(=O)c4ccccc4C)cc3)c3c(N)ncnc32)CC1. The smallest absolute Gasteiger partial charge is 0.308 e. The summed E-state index contributed by atoms with van der Waals surface area (Å²) in [6.07, 6.45) is 4.59. The molecule has 0 unspecified atom stereocenters. The van der Waals surface area contributed by atoms with Crippen molar-refractivity contribution in [3.8, 4) is 11.3 Å². The van der Waals surface area contributed by atoms with E-state index >= 15 is 0 Å². The van der Waals surface area contributed by atoms with E-state index in [9.17, 15) is 9.59 Å². The lowest BCUT2D eigenvalue weighted by molar-refractivity contribution is -0.149. The lowest BCUT2D eigenvalue weighted by Crippen LogP contribution is -2.25. The normalized spacial score (nSPS) is 17.3. The van der Waals surface area contributed by atoms with Gasteiger partial charge in [-0.3, -0.25) is 9.59 Å². The molecule has 0 bridgehead atoms. The van der Waals surface area contributed by atoms with E-state index in [4.69, 9.17) is 15.6 Å². The van der Waals surface area contributed by atoms with Crippen LogP contribution in [0, 0.1) is 12.8 Å². The standard InChI is InChI=1S/C29H32N6O3/c1-3-38-29(37)21-12-14-22(15-13-21)35-27-24(26(30)32-17-33-27)25(34-35)20-10-8-19(9-11-20)16-31-28(36)23-7-5-4-6-18(23)2/h4-11,17,21-22H,3,12-16H2,1-2H3,(H,31,36)(H2,30,32,33). The van der Waals surface area contributed by atoms with Gasteiger partial charge in [0.25, 0.3) is 5.91 Å². The third kappa shape index (κ3) is 5.09. The van der Waals surface area contributed by atoms with Crippen molar-refractivity contribution in [2.45, 2.75) is 52.1 Å². The zero-order valence-electron chi connectivity index (χ0n) is 21.7. The van der Waals surface area contributed by atoms with Gasteiger partial charge in [-0.1, -0.05) is 42.5 Å². The number of nitrogens with two attached hydrogens (primary N) is 1. The number of benzene rings is 2. The van der Waals surface area contributed by atoms with E-state index in [1.807, 2.05) is 67.1 Å². The maximum absolute atomic E-state index is 12.6. The maximum Gasteiger partial charge on any atom is 0.308 e. The van der Waals surface area contributed by atoms with Crippen molar-refractivity contribution in [1.82, 2.24) is 25.1 Å². The fourth-order valence-corrected chi connectivity index (χ4v) is 5.15. The summed E-state index contributed by atoms with van der Waals surface area (Å²) in [4.78, 5) is 33.5. The third-order valence-electron chi connectivity index (χ3n) is 7.25. The number of fused-ring (bicyclic) bond motifs is 1. The monoisotopic (exact) mass is 512 g/mol. The van der Waals surface area contributed by atoms with E-state index in [1.165, 1.54) is 6.33 Å². The van der Waals surface area contributed by atoms with E-state index in [1.54, 1.807) is 0 Å². The number of nitrogens with zero attached hydrogens (tertiary/aromatic N) is 4. The summed E-state index contributed by atoms with van der Waals surface area (Å²) in [5.74, 6) is 0.107. The van der Waals surface area contributed by atoms with Crippen LogP contribution in [0.5, 0.6) is 0 Å². The molecular weight excluding hydrogens is 480 g/mol. The number of amides is 1. The van der Waals surface area contributed by atoms with Gasteiger partial charge in [-0.2, -0.15) is 5.10 Å². The highest BCUT2D eigenvalue weighted by Crippen LogP contribution is 2.37. The summed E-state index contributed by atoms with van der Waals surface area (Å²) in [6.45, 7) is 4.57. The van der Waals surface area contributed by atoms with E-state index < -0.39 is 0 Å². The molecule has 9 heteroatoms. The first-order valence-corrected chi connectivity index (χ1v) is 13.0. The van der Waals surface area contributed by atoms with Gasteiger partial charge in [0.1, 0.15) is 17.8 Å². The molecule has 5 rings (SSSR count). The lowest BCUT2D eigenvalue weighted by atomic mass is 9.86. The maximum atomic E-state index is 12.6. The molecule has 1 aliphatic carbocycles. The highest BCUT2D eigenvalue weighted by molar-refractivity contribution is 5.98. The molecule has 0 atom stereocenters. The van der Waals surface area contributed by atoms with Crippen LogP contribution in [-0.4, -0.2) is 38.2 Å². The fourth-order valence-electron chi connectivity index (χ4n) is 5.15. The molecule has 1 fully saturated rings. The molecule has 4 aromatic rings. The molecule has 2 aromatic carbocycles. The van der Waals surface area contributed by atoms with E-state index in [0.29, 0.717) is 30.2 Å². The summed E-state index contributed by atoms with van der Waals surface area (Å²) in [7, 11) is 0. The number of esters is 1. The van der Waals surface area contributed by atoms with Crippen LogP contribution >= 0.6 is 0 Å². The largest absolute Gasteiger partial charge is 0.466 e. The molecule has 2 aromatic heterocycles. The van der Waals surface area contributed by atoms with Gasteiger partial charge >= 0.3 is 5.97 Å². The minimum atomic E-state index is -0.112. The topological polar surface area (TPSA) is 125 Å². The predicted molar refractivity (Wildman–Crippen MR) is 145 cm³/mol. The van der Waals surface area contributed by atoms with Crippen LogP contribution in [-0.2, 0) is 16.1 Å². The summed E-state index contributed by atoms with van der Waals surface area (Å²) >= 11 is 0. The second kappa shape index (κ2) is 11.0. The van der Waals surface area contributed by atoms with Crippen molar-refractivity contribution < 1.29 is 14.3 Å². The highest BCUT2D eigenvalue weighted by atomic mass is 16.5. The second-order valence-electron chi connectivity index (χ2n) is 9.70. The number of hydrogen-bond acceptors (Lipinski definition) is 7. The average Bonchev–Trinajstić information content (AvgIpc) is 3.33. The Kier molecular flexibility index (Phi) is 7.35. The van der Waals surface area contributed by atoms with Gasteiger partial charge in [0.05, 0.1) is 24.0 Å². The van der Waals surface area contributed by atoms with E-state index in [0.717, 1.165) is 53.5 Å². The molecule has 9 nitrogen and oxygen atoms in total. The summed E-state index contributed by atoms with van der Waals surface area (Å²) in [5.41, 5.74) is 11.2. The van der Waals surface area contributed by atoms with Crippen molar-refractivity contribution in [2.75, 3.05) is 12.3 Å². The van der Waals surface area contributed by atoms with E-state index in [2.05, 4.69) is 15.3 Å². The Morgan fingerprint density at radius 2 is 1.79 bits per heavy atom. The minimum absolute atomic E-state index is 0.0639. The molecule has 0 saturated heterocycles. The second-order valence-corrected chi connectivity index (χ2v) is 9.70. The van der Waals surface area contributed by atoms with Crippen LogP contribution in [0.3, 0.4) is 0 Å². The zero-order valence-corrected chi connectivity index (χ0v) is 21.7. The Morgan fingerprint density at radius 3 is 2.50 bits per heavy atom. The molecule has 0 radical (unpaired) electrons. The lowest BCUT2D eigenvalue weighted by Gasteiger charge is -2.27. The van der Waals surface area contributed by atoms with Crippen molar-refractivity contribution in [3.63, 3.8) is 0 Å². The van der Waals surface area contributed by atoms with Crippen LogP contribution < -0.4 is 11.1 Å². The number of rotatable bonds is 7. The first-order valence-electron chi connectivity index (χ1n) is 13.0. The molecule has 0 spiro atoms. The zero-order chi connectivity index (χ0) is 26.6. The summed E-state index contributed by atoms with van der Waals surface area (Å²) in [6, 6.07) is 15.5. The Labute approximate surface area is 221 Å². The first-order chi connectivity index (χ1) is 18.5. The number of hydrogen-bond donors (Lipinski definition) is 2. The number of aryl methyl sites for hydroxylation is 1. The predicted octanol–water partition coefficient (Wildman–Crippen LogP) is 4.61. The van der Waals surface area contributed by atoms with Gasteiger partial charge in [0, 0.05) is 17.7 Å². The van der Waals surface area contributed by atoms with Gasteiger partial charge < -0.3 is 15.8 Å². The van der Waals surface area contributed by atoms with Crippen LogP contribution in [0.25, 0.3) is 22.3 Å². The summed E-state index contributed by atoms with van der Waals surface area (Å²) < 4.78 is 7.16. The third-order valence-corrected chi connectivity index (χ3v) is 7.25. The number of aromatic nitrogens is 4. The van der Waals surface area contributed by atoms with Crippen LogP contribution in [0.1, 0.15) is 60.1 Å². The quantitative estimate of drug-likeness (QED) is 0.347. The molecule has 1 amide bonds. The fraction of sp³-hybridized carbons (Fsp3) is 0.345. The average molecular weight is 513 g/mol. The molecule has 196 valence electrons. The van der Waals surface area contributed by atoms with Gasteiger partial charge in [0.2, 0.25) is 0 Å². The number of nitrogen functional groups attached to an aromatic ring is 1. The molecular formula is C29H32N6O3. The molecule has 1 saturated carbocycles. The molecule has 3 N–H and O–H groups in total. The Balaban J connectivity index is 1.35. The first kappa shape index (κ1) is 25.4. The number of ether oxygens (including phenoxy) is 1. The number of nitrogens with one attached hydrogen (secondary N) is 1. The highest BCUT2D eigenvalue weighted by Gasteiger charge is 2.30. The van der Waals surface area contributed by atoms with Crippen molar-refractivity contribution in [3.05, 3.63) is 71.5 Å². The Bertz CT molecular complexity index is 1460. The molecule has 38 heavy (non-hydrogen) atoms. The van der Waals surface area contributed by atoms with Crippen LogP contribution in [0.15, 0.2) is 54.9 Å².